The number of carbonyl (C=O) groups is 1. The van der Waals surface area contributed by atoms with Crippen LogP contribution in [0.3, 0.4) is 0 Å². The first-order valence-corrected chi connectivity index (χ1v) is 7.16. The second-order valence-electron chi connectivity index (χ2n) is 5.32. The molecule has 0 spiro atoms. The van der Waals surface area contributed by atoms with E-state index in [9.17, 15) is 28.2 Å². The van der Waals surface area contributed by atoms with E-state index in [-0.39, 0.29) is 18.0 Å². The van der Waals surface area contributed by atoms with E-state index in [4.69, 9.17) is 0 Å². The highest BCUT2D eigenvalue weighted by molar-refractivity contribution is 5.95. The summed E-state index contributed by atoms with van der Waals surface area (Å²) in [4.78, 5) is 12.0. The van der Waals surface area contributed by atoms with E-state index in [1.165, 1.54) is 24.3 Å². The van der Waals surface area contributed by atoms with Crippen molar-refractivity contribution in [2.45, 2.75) is 19.5 Å². The minimum atomic E-state index is -4.60. The number of rotatable bonds is 4. The van der Waals surface area contributed by atoms with Crippen molar-refractivity contribution in [3.05, 3.63) is 58.7 Å². The zero-order valence-corrected chi connectivity index (χ0v) is 12.8. The average Bonchev–Trinajstić information content (AvgIpc) is 2.51. The van der Waals surface area contributed by atoms with Crippen LogP contribution in [-0.4, -0.2) is 22.7 Å². The van der Waals surface area contributed by atoms with E-state index in [0.29, 0.717) is 17.5 Å². The van der Waals surface area contributed by atoms with Gasteiger partial charge in [0.15, 0.2) is 11.5 Å². The Bertz CT molecular complexity index is 757. The Labute approximate surface area is 136 Å². The van der Waals surface area contributed by atoms with Gasteiger partial charge in [-0.05, 0) is 48.7 Å². The normalized spacial score (nSPS) is 11.3. The molecule has 2 rings (SSSR count). The lowest BCUT2D eigenvalue weighted by atomic mass is 10.0. The largest absolute Gasteiger partial charge is 0.504 e. The summed E-state index contributed by atoms with van der Waals surface area (Å²) in [7, 11) is 0. The Morgan fingerprint density at radius 3 is 2.42 bits per heavy atom. The molecule has 24 heavy (non-hydrogen) atoms. The quantitative estimate of drug-likeness (QED) is 0.748. The first-order chi connectivity index (χ1) is 11.2. The highest BCUT2D eigenvalue weighted by atomic mass is 19.4. The summed E-state index contributed by atoms with van der Waals surface area (Å²) < 4.78 is 38.7. The molecule has 0 aliphatic heterocycles. The van der Waals surface area contributed by atoms with E-state index in [2.05, 4.69) is 5.32 Å². The standard InChI is InChI=1S/C17H16F3NO3/c1-10-8-14(22)15(23)9-11(10)6-7-21-16(24)12-4-2-3-5-13(12)17(18,19)20/h2-5,8-9,22-23H,6-7H2,1H3,(H,21,24). The smallest absolute Gasteiger partial charge is 0.417 e. The number of hydrogen-bond acceptors (Lipinski definition) is 3. The Hall–Kier alpha value is -2.70. The Morgan fingerprint density at radius 1 is 1.12 bits per heavy atom. The molecule has 0 aromatic heterocycles. The number of benzene rings is 2. The van der Waals surface area contributed by atoms with Gasteiger partial charge in [0, 0.05) is 6.54 Å². The highest BCUT2D eigenvalue weighted by Gasteiger charge is 2.34. The van der Waals surface area contributed by atoms with Crippen LogP contribution in [0.1, 0.15) is 27.0 Å². The molecule has 0 aliphatic carbocycles. The summed E-state index contributed by atoms with van der Waals surface area (Å²) in [6.07, 6.45) is -4.30. The van der Waals surface area contributed by atoms with Crippen LogP contribution in [0.15, 0.2) is 36.4 Å². The fraction of sp³-hybridized carbons (Fsp3) is 0.235. The molecule has 0 atom stereocenters. The van der Waals surface area contributed by atoms with Crippen molar-refractivity contribution in [3.8, 4) is 11.5 Å². The molecular weight excluding hydrogens is 323 g/mol. The predicted octanol–water partition coefficient (Wildman–Crippen LogP) is 3.40. The topological polar surface area (TPSA) is 69.6 Å². The Balaban J connectivity index is 2.06. The van der Waals surface area contributed by atoms with Gasteiger partial charge in [-0.3, -0.25) is 4.79 Å². The maximum absolute atomic E-state index is 12.9. The summed E-state index contributed by atoms with van der Waals surface area (Å²) in [5.41, 5.74) is -0.0406. The molecule has 0 saturated heterocycles. The summed E-state index contributed by atoms with van der Waals surface area (Å²) in [5, 5.41) is 21.3. The summed E-state index contributed by atoms with van der Waals surface area (Å²) in [6.45, 7) is 1.81. The maximum Gasteiger partial charge on any atom is 0.417 e. The highest BCUT2D eigenvalue weighted by Crippen LogP contribution is 2.32. The van der Waals surface area contributed by atoms with Crippen LogP contribution in [0, 0.1) is 6.92 Å². The second-order valence-corrected chi connectivity index (χ2v) is 5.32. The van der Waals surface area contributed by atoms with Crippen LogP contribution in [0.25, 0.3) is 0 Å². The van der Waals surface area contributed by atoms with Gasteiger partial charge in [0.1, 0.15) is 0 Å². The van der Waals surface area contributed by atoms with Gasteiger partial charge in [0.05, 0.1) is 11.1 Å². The molecule has 2 aromatic rings. The minimum Gasteiger partial charge on any atom is -0.504 e. The third kappa shape index (κ3) is 3.98. The SMILES string of the molecule is Cc1cc(O)c(O)cc1CCNC(=O)c1ccccc1C(F)(F)F. The monoisotopic (exact) mass is 339 g/mol. The van der Waals surface area contributed by atoms with Crippen LogP contribution < -0.4 is 5.32 Å². The van der Waals surface area contributed by atoms with Gasteiger partial charge in [0.25, 0.3) is 5.91 Å². The van der Waals surface area contributed by atoms with E-state index in [1.54, 1.807) is 6.92 Å². The summed E-state index contributed by atoms with van der Waals surface area (Å²) in [5.74, 6) is -1.35. The lowest BCUT2D eigenvalue weighted by Gasteiger charge is -2.13. The molecule has 1 amide bonds. The van der Waals surface area contributed by atoms with Crippen LogP contribution in [0.2, 0.25) is 0 Å². The van der Waals surface area contributed by atoms with Gasteiger partial charge in [-0.25, -0.2) is 0 Å². The third-order valence-electron chi connectivity index (χ3n) is 3.59. The minimum absolute atomic E-state index is 0.0933. The van der Waals surface area contributed by atoms with Crippen molar-refractivity contribution < 1.29 is 28.2 Å². The summed E-state index contributed by atoms with van der Waals surface area (Å²) >= 11 is 0. The lowest BCUT2D eigenvalue weighted by Crippen LogP contribution is -2.28. The van der Waals surface area contributed by atoms with Crippen molar-refractivity contribution in [1.29, 1.82) is 0 Å². The van der Waals surface area contributed by atoms with Gasteiger partial charge in [-0.1, -0.05) is 12.1 Å². The van der Waals surface area contributed by atoms with Crippen molar-refractivity contribution in [3.63, 3.8) is 0 Å². The van der Waals surface area contributed by atoms with Crippen LogP contribution >= 0.6 is 0 Å². The molecule has 2 aromatic carbocycles. The van der Waals surface area contributed by atoms with Crippen molar-refractivity contribution in [1.82, 2.24) is 5.32 Å². The van der Waals surface area contributed by atoms with Crippen molar-refractivity contribution in [2.75, 3.05) is 6.54 Å². The zero-order chi connectivity index (χ0) is 17.9. The number of aromatic hydroxyl groups is 2. The zero-order valence-electron chi connectivity index (χ0n) is 12.8. The van der Waals surface area contributed by atoms with E-state index in [1.807, 2.05) is 0 Å². The van der Waals surface area contributed by atoms with Gasteiger partial charge >= 0.3 is 6.18 Å². The molecule has 128 valence electrons. The molecular formula is C17H16F3NO3. The molecule has 0 radical (unpaired) electrons. The number of phenols is 2. The number of nitrogens with one attached hydrogen (secondary N) is 1. The fourth-order valence-corrected chi connectivity index (χ4v) is 2.33. The molecule has 0 saturated carbocycles. The number of phenolic OH excluding ortho intramolecular Hbond substituents is 2. The molecule has 0 aliphatic rings. The average molecular weight is 339 g/mol. The first kappa shape index (κ1) is 17.7. The van der Waals surface area contributed by atoms with Gasteiger partial charge in [-0.15, -0.1) is 0 Å². The van der Waals surface area contributed by atoms with Crippen molar-refractivity contribution in [2.24, 2.45) is 0 Å². The van der Waals surface area contributed by atoms with E-state index >= 15 is 0 Å². The van der Waals surface area contributed by atoms with Crippen LogP contribution in [0.4, 0.5) is 13.2 Å². The summed E-state index contributed by atoms with van der Waals surface area (Å²) in [6, 6.07) is 7.31. The first-order valence-electron chi connectivity index (χ1n) is 7.16. The number of hydrogen-bond donors (Lipinski definition) is 3. The molecule has 4 nitrogen and oxygen atoms in total. The number of amides is 1. The fourth-order valence-electron chi connectivity index (χ4n) is 2.33. The Kier molecular flexibility index (Phi) is 5.02. The number of alkyl halides is 3. The Morgan fingerprint density at radius 2 is 1.75 bits per heavy atom. The van der Waals surface area contributed by atoms with E-state index < -0.39 is 23.2 Å². The molecule has 0 fully saturated rings. The lowest BCUT2D eigenvalue weighted by molar-refractivity contribution is -0.137. The number of aryl methyl sites for hydroxylation is 1. The molecule has 0 bridgehead atoms. The third-order valence-corrected chi connectivity index (χ3v) is 3.59. The molecule has 0 unspecified atom stereocenters. The van der Waals surface area contributed by atoms with Crippen LogP contribution in [0.5, 0.6) is 11.5 Å². The van der Waals surface area contributed by atoms with Crippen LogP contribution in [-0.2, 0) is 12.6 Å². The van der Waals surface area contributed by atoms with Gasteiger partial charge in [-0.2, -0.15) is 13.2 Å². The second kappa shape index (κ2) is 6.82. The number of halogens is 3. The number of carbonyl (C=O) groups excluding carboxylic acids is 1. The van der Waals surface area contributed by atoms with E-state index in [0.717, 1.165) is 12.1 Å². The van der Waals surface area contributed by atoms with Gasteiger partial charge < -0.3 is 15.5 Å². The van der Waals surface area contributed by atoms with Gasteiger partial charge in [0.2, 0.25) is 0 Å². The molecule has 3 N–H and O–H groups in total. The predicted molar refractivity (Wildman–Crippen MR) is 82.0 cm³/mol. The maximum atomic E-state index is 12.9. The molecule has 0 heterocycles. The van der Waals surface area contributed by atoms with Crippen molar-refractivity contribution >= 4 is 5.91 Å². The molecule has 7 heteroatoms.